The maximum atomic E-state index is 6.08. The van der Waals surface area contributed by atoms with Crippen LogP contribution in [0.15, 0.2) is 51.9 Å². The summed E-state index contributed by atoms with van der Waals surface area (Å²) in [6.45, 7) is 0. The third-order valence-electron chi connectivity index (χ3n) is 5.07. The predicted molar refractivity (Wildman–Crippen MR) is 94.1 cm³/mol. The van der Waals surface area contributed by atoms with Gasteiger partial charge in [-0.25, -0.2) is 4.99 Å². The monoisotopic (exact) mass is 295 g/mol. The molecule has 6 rings (SSSR count). The molecule has 0 atom stereocenters. The summed E-state index contributed by atoms with van der Waals surface area (Å²) >= 11 is 0. The van der Waals surface area contributed by atoms with Gasteiger partial charge in [0.25, 0.3) is 0 Å². The van der Waals surface area contributed by atoms with Crippen molar-refractivity contribution in [2.75, 3.05) is 0 Å². The van der Waals surface area contributed by atoms with E-state index in [0.29, 0.717) is 0 Å². The van der Waals surface area contributed by atoms with Crippen LogP contribution < -0.4 is 0 Å². The van der Waals surface area contributed by atoms with Crippen LogP contribution in [0.1, 0.15) is 34.4 Å². The maximum Gasteiger partial charge on any atom is 0.135 e. The first-order chi connectivity index (χ1) is 11.4. The number of aryl methyl sites for hydroxylation is 1. The fraction of sp³-hybridized carbons (Fsp3) is 0.0952. The summed E-state index contributed by atoms with van der Waals surface area (Å²) in [5, 5.41) is 1.26. The van der Waals surface area contributed by atoms with Crippen LogP contribution in [-0.4, -0.2) is 5.71 Å². The van der Waals surface area contributed by atoms with Crippen molar-refractivity contribution in [3.63, 3.8) is 0 Å². The second-order valence-electron chi connectivity index (χ2n) is 6.32. The lowest BCUT2D eigenvalue weighted by molar-refractivity contribution is 0.595. The van der Waals surface area contributed by atoms with Gasteiger partial charge in [-0.2, -0.15) is 0 Å². The van der Waals surface area contributed by atoms with E-state index in [-0.39, 0.29) is 0 Å². The molecule has 0 saturated heterocycles. The van der Waals surface area contributed by atoms with E-state index in [1.807, 2.05) is 0 Å². The van der Waals surface area contributed by atoms with Crippen LogP contribution in [0.2, 0.25) is 0 Å². The van der Waals surface area contributed by atoms with Gasteiger partial charge in [-0.1, -0.05) is 30.3 Å². The highest BCUT2D eigenvalue weighted by Crippen LogP contribution is 2.48. The lowest BCUT2D eigenvalue weighted by Gasteiger charge is -2.06. The summed E-state index contributed by atoms with van der Waals surface area (Å²) in [5.74, 6) is 1.02. The van der Waals surface area contributed by atoms with Crippen molar-refractivity contribution in [1.82, 2.24) is 0 Å². The summed E-state index contributed by atoms with van der Waals surface area (Å²) in [6.07, 6.45) is 8.71. The van der Waals surface area contributed by atoms with Crippen LogP contribution in [0.25, 0.3) is 28.7 Å². The number of hydrogen-bond acceptors (Lipinski definition) is 2. The zero-order valence-corrected chi connectivity index (χ0v) is 12.5. The lowest BCUT2D eigenvalue weighted by Crippen LogP contribution is -1.96. The van der Waals surface area contributed by atoms with Crippen LogP contribution in [0.5, 0.6) is 0 Å². The van der Waals surface area contributed by atoms with Gasteiger partial charge in [0.15, 0.2) is 0 Å². The lowest BCUT2D eigenvalue weighted by atomic mass is 9.93. The van der Waals surface area contributed by atoms with E-state index < -0.39 is 0 Å². The highest BCUT2D eigenvalue weighted by molar-refractivity contribution is 6.44. The average molecular weight is 295 g/mol. The Bertz CT molecular complexity index is 1110. The Hall–Kier alpha value is -2.87. The molecule has 1 aliphatic heterocycles. The second-order valence-corrected chi connectivity index (χ2v) is 6.32. The molecule has 2 heteroatoms. The zero-order valence-electron chi connectivity index (χ0n) is 12.5. The maximum absolute atomic E-state index is 6.08. The molecule has 0 fully saturated rings. The molecule has 1 aromatic heterocycles. The number of nitrogens with zero attached hydrogens (tertiary/aromatic N) is 1. The van der Waals surface area contributed by atoms with Gasteiger partial charge in [0.05, 0.1) is 11.4 Å². The third-order valence-corrected chi connectivity index (χ3v) is 5.07. The van der Waals surface area contributed by atoms with E-state index in [4.69, 9.17) is 9.41 Å². The number of allylic oxidation sites excluding steroid dienone is 2. The Labute approximate surface area is 133 Å². The summed E-state index contributed by atoms with van der Waals surface area (Å²) in [7, 11) is 0. The second kappa shape index (κ2) is 3.90. The van der Waals surface area contributed by atoms with Crippen molar-refractivity contribution in [1.29, 1.82) is 0 Å². The van der Waals surface area contributed by atoms with Crippen LogP contribution in [0.3, 0.4) is 0 Å². The summed E-state index contributed by atoms with van der Waals surface area (Å²) in [5.41, 5.74) is 9.53. The summed E-state index contributed by atoms with van der Waals surface area (Å²) in [6, 6.07) is 12.7. The number of fused-ring (bicyclic) bond motifs is 9. The number of furan rings is 1. The molecular weight excluding hydrogens is 282 g/mol. The minimum Gasteiger partial charge on any atom is -0.456 e. The molecule has 3 aliphatic rings. The molecule has 0 radical (unpaired) electrons. The normalized spacial score (nSPS) is 16.7. The molecule has 0 spiro atoms. The fourth-order valence-electron chi connectivity index (χ4n) is 4.07. The molecule has 23 heavy (non-hydrogen) atoms. The van der Waals surface area contributed by atoms with Crippen molar-refractivity contribution < 1.29 is 4.42 Å². The minimum atomic E-state index is 0.980. The first-order valence-electron chi connectivity index (χ1n) is 8.05. The Kier molecular flexibility index (Phi) is 1.98. The quantitative estimate of drug-likeness (QED) is 0.546. The van der Waals surface area contributed by atoms with Gasteiger partial charge in [-0.3, -0.25) is 0 Å². The first kappa shape index (κ1) is 11.7. The van der Waals surface area contributed by atoms with Crippen molar-refractivity contribution in [3.8, 4) is 0 Å². The van der Waals surface area contributed by atoms with E-state index in [0.717, 1.165) is 35.6 Å². The Morgan fingerprint density at radius 1 is 1.04 bits per heavy atom. The predicted octanol–water partition coefficient (Wildman–Crippen LogP) is 5.38. The largest absolute Gasteiger partial charge is 0.456 e. The van der Waals surface area contributed by atoms with Gasteiger partial charge < -0.3 is 4.42 Å². The van der Waals surface area contributed by atoms with Crippen molar-refractivity contribution >= 4 is 40.1 Å². The topological polar surface area (TPSA) is 25.5 Å². The highest BCUT2D eigenvalue weighted by Gasteiger charge is 2.32. The molecule has 2 aliphatic carbocycles. The van der Waals surface area contributed by atoms with E-state index in [9.17, 15) is 0 Å². The van der Waals surface area contributed by atoms with Crippen molar-refractivity contribution in [2.24, 2.45) is 4.99 Å². The summed E-state index contributed by atoms with van der Waals surface area (Å²) in [4.78, 5) is 4.92. The van der Waals surface area contributed by atoms with Crippen molar-refractivity contribution in [2.45, 2.75) is 12.8 Å². The molecule has 2 aromatic carbocycles. The molecule has 2 nitrogen and oxygen atoms in total. The number of benzene rings is 2. The Balaban J connectivity index is 1.70. The molecule has 0 saturated carbocycles. The van der Waals surface area contributed by atoms with E-state index in [1.165, 1.54) is 33.2 Å². The van der Waals surface area contributed by atoms with Crippen LogP contribution in [0, 0.1) is 0 Å². The minimum absolute atomic E-state index is 0.980. The summed E-state index contributed by atoms with van der Waals surface area (Å²) < 4.78 is 6.08. The molecule has 2 heterocycles. The SMILES string of the molecule is C1=Cc2oc3ccc4c(c3c2CC1)C1=Cc2ccccc2C1=N4. The van der Waals surface area contributed by atoms with Gasteiger partial charge in [0.2, 0.25) is 0 Å². The average Bonchev–Trinajstić information content (AvgIpc) is 3.23. The smallest absolute Gasteiger partial charge is 0.135 e. The molecule has 0 unspecified atom stereocenters. The van der Waals surface area contributed by atoms with E-state index in [1.54, 1.807) is 0 Å². The van der Waals surface area contributed by atoms with Gasteiger partial charge in [-0.05, 0) is 42.7 Å². The molecule has 0 amide bonds. The number of aliphatic imine (C=N–C) groups is 1. The van der Waals surface area contributed by atoms with Gasteiger partial charge in [0, 0.05) is 27.6 Å². The zero-order chi connectivity index (χ0) is 15.0. The van der Waals surface area contributed by atoms with Crippen molar-refractivity contribution in [3.05, 3.63) is 70.5 Å². The third kappa shape index (κ3) is 1.36. The van der Waals surface area contributed by atoms with Crippen LogP contribution >= 0.6 is 0 Å². The van der Waals surface area contributed by atoms with Gasteiger partial charge in [-0.15, -0.1) is 0 Å². The molecule has 3 aromatic rings. The number of hydrogen-bond donors (Lipinski definition) is 0. The number of rotatable bonds is 0. The molecule has 108 valence electrons. The van der Waals surface area contributed by atoms with Gasteiger partial charge in [0.1, 0.15) is 11.3 Å². The highest BCUT2D eigenvalue weighted by atomic mass is 16.3. The first-order valence-corrected chi connectivity index (χ1v) is 8.05. The molecule has 0 bridgehead atoms. The standard InChI is InChI=1S/C21H13NO/c1-2-6-13-12(5-1)11-15-19-16(22-21(13)15)9-10-18-20(19)14-7-3-4-8-17(14)23-18/h1-2,4-6,8-11H,3,7H2. The van der Waals surface area contributed by atoms with Crippen LogP contribution in [0.4, 0.5) is 5.69 Å². The van der Waals surface area contributed by atoms with Gasteiger partial charge >= 0.3 is 0 Å². The molecular formula is C21H13NO. The van der Waals surface area contributed by atoms with E-state index in [2.05, 4.69) is 54.6 Å². The fourth-order valence-corrected chi connectivity index (χ4v) is 4.07. The van der Waals surface area contributed by atoms with E-state index >= 15 is 0 Å². The molecule has 0 N–H and O–H groups in total. The Morgan fingerprint density at radius 3 is 3.00 bits per heavy atom. The van der Waals surface area contributed by atoms with Crippen LogP contribution in [-0.2, 0) is 6.42 Å². The Morgan fingerprint density at radius 2 is 2.00 bits per heavy atom.